The molecule has 4 heteroatoms. The minimum atomic E-state index is 0.217. The predicted octanol–water partition coefficient (Wildman–Crippen LogP) is 2.47. The molecule has 0 amide bonds. The van der Waals surface area contributed by atoms with E-state index in [0.717, 1.165) is 30.9 Å². The number of hydrogen-bond donors (Lipinski definition) is 2. The molecule has 17 heavy (non-hydrogen) atoms. The van der Waals surface area contributed by atoms with Gasteiger partial charge in [0.1, 0.15) is 5.82 Å². The van der Waals surface area contributed by atoms with Crippen molar-refractivity contribution in [1.29, 1.82) is 0 Å². The standard InChI is InChI=1S/C13H16N4/c1-2-5-12-15-13(17-16-12)11-8-9-6-3-4-7-10(9)14-11/h3-4,6-7,11,14H,2,5,8H2,1H3,(H,15,16,17). The number of para-hydroxylation sites is 1. The second kappa shape index (κ2) is 4.20. The minimum absolute atomic E-state index is 0.217. The fourth-order valence-corrected chi connectivity index (χ4v) is 2.27. The number of rotatable bonds is 3. The number of aryl methyl sites for hydroxylation is 1. The van der Waals surface area contributed by atoms with Crippen LogP contribution >= 0.6 is 0 Å². The summed E-state index contributed by atoms with van der Waals surface area (Å²) in [6.45, 7) is 2.14. The molecule has 1 aromatic carbocycles. The SMILES string of the molecule is CCCc1nc(C2Cc3ccccc3N2)n[nH]1. The van der Waals surface area contributed by atoms with Gasteiger partial charge in [-0.3, -0.25) is 5.10 Å². The molecule has 4 nitrogen and oxygen atoms in total. The van der Waals surface area contributed by atoms with E-state index in [4.69, 9.17) is 0 Å². The molecule has 1 atom stereocenters. The van der Waals surface area contributed by atoms with E-state index in [-0.39, 0.29) is 6.04 Å². The van der Waals surface area contributed by atoms with E-state index >= 15 is 0 Å². The summed E-state index contributed by atoms with van der Waals surface area (Å²) < 4.78 is 0. The number of aromatic amines is 1. The van der Waals surface area contributed by atoms with Gasteiger partial charge in [0.2, 0.25) is 0 Å². The van der Waals surface area contributed by atoms with Crippen LogP contribution in [0.2, 0.25) is 0 Å². The Bertz CT molecular complexity index is 493. The van der Waals surface area contributed by atoms with Crippen molar-refractivity contribution >= 4 is 5.69 Å². The highest BCUT2D eigenvalue weighted by atomic mass is 15.2. The molecule has 0 radical (unpaired) electrons. The van der Waals surface area contributed by atoms with Crippen LogP contribution in [-0.4, -0.2) is 15.2 Å². The third kappa shape index (κ3) is 1.90. The molecule has 1 aliphatic rings. The van der Waals surface area contributed by atoms with Gasteiger partial charge in [-0.15, -0.1) is 0 Å². The highest BCUT2D eigenvalue weighted by Crippen LogP contribution is 2.32. The van der Waals surface area contributed by atoms with Gasteiger partial charge < -0.3 is 5.32 Å². The fraction of sp³-hybridized carbons (Fsp3) is 0.385. The Morgan fingerprint density at radius 3 is 3.06 bits per heavy atom. The molecule has 2 N–H and O–H groups in total. The third-order valence-corrected chi connectivity index (χ3v) is 3.12. The van der Waals surface area contributed by atoms with Crippen LogP contribution in [0.5, 0.6) is 0 Å². The number of nitrogens with one attached hydrogen (secondary N) is 2. The molecule has 0 spiro atoms. The van der Waals surface area contributed by atoms with Crippen molar-refractivity contribution in [1.82, 2.24) is 15.2 Å². The number of anilines is 1. The van der Waals surface area contributed by atoms with Crippen molar-refractivity contribution in [2.75, 3.05) is 5.32 Å². The topological polar surface area (TPSA) is 53.6 Å². The molecule has 88 valence electrons. The average Bonchev–Trinajstić information content (AvgIpc) is 2.94. The highest BCUT2D eigenvalue weighted by molar-refractivity contribution is 5.57. The van der Waals surface area contributed by atoms with Gasteiger partial charge in [0.25, 0.3) is 0 Å². The van der Waals surface area contributed by atoms with Crippen LogP contribution in [0, 0.1) is 0 Å². The number of nitrogens with zero attached hydrogens (tertiary/aromatic N) is 2. The van der Waals surface area contributed by atoms with Crippen molar-refractivity contribution < 1.29 is 0 Å². The molecule has 0 saturated carbocycles. The zero-order valence-corrected chi connectivity index (χ0v) is 9.90. The first-order valence-electron chi connectivity index (χ1n) is 6.12. The second-order valence-electron chi connectivity index (χ2n) is 4.45. The molecular formula is C13H16N4. The molecule has 2 aromatic rings. The highest BCUT2D eigenvalue weighted by Gasteiger charge is 2.24. The van der Waals surface area contributed by atoms with Gasteiger partial charge in [0, 0.05) is 18.5 Å². The van der Waals surface area contributed by atoms with E-state index in [0.29, 0.717) is 0 Å². The molecule has 1 aromatic heterocycles. The van der Waals surface area contributed by atoms with Crippen LogP contribution in [-0.2, 0) is 12.8 Å². The van der Waals surface area contributed by atoms with E-state index in [2.05, 4.69) is 51.7 Å². The van der Waals surface area contributed by atoms with Crippen LogP contribution < -0.4 is 5.32 Å². The molecule has 1 unspecified atom stereocenters. The Balaban J connectivity index is 1.79. The number of hydrogen-bond acceptors (Lipinski definition) is 3. The maximum absolute atomic E-state index is 4.54. The van der Waals surface area contributed by atoms with Gasteiger partial charge in [-0.1, -0.05) is 25.1 Å². The zero-order valence-electron chi connectivity index (χ0n) is 9.90. The summed E-state index contributed by atoms with van der Waals surface area (Å²) >= 11 is 0. The van der Waals surface area contributed by atoms with Crippen LogP contribution in [0.1, 0.15) is 36.6 Å². The van der Waals surface area contributed by atoms with E-state index in [1.807, 2.05) is 0 Å². The first-order chi connectivity index (χ1) is 8.36. The van der Waals surface area contributed by atoms with Crippen LogP contribution in [0.15, 0.2) is 24.3 Å². The van der Waals surface area contributed by atoms with Gasteiger partial charge >= 0.3 is 0 Å². The summed E-state index contributed by atoms with van der Waals surface area (Å²) in [6.07, 6.45) is 3.03. The van der Waals surface area contributed by atoms with Gasteiger partial charge in [-0.05, 0) is 18.1 Å². The van der Waals surface area contributed by atoms with Gasteiger partial charge in [-0.25, -0.2) is 4.98 Å². The number of benzene rings is 1. The Hall–Kier alpha value is -1.84. The summed E-state index contributed by atoms with van der Waals surface area (Å²) in [4.78, 5) is 4.54. The van der Waals surface area contributed by atoms with Gasteiger partial charge in [0.15, 0.2) is 5.82 Å². The molecule has 0 saturated heterocycles. The van der Waals surface area contributed by atoms with Crippen LogP contribution in [0.25, 0.3) is 0 Å². The monoisotopic (exact) mass is 228 g/mol. The molecule has 0 fully saturated rings. The maximum Gasteiger partial charge on any atom is 0.173 e. The van der Waals surface area contributed by atoms with E-state index in [9.17, 15) is 0 Å². The smallest absolute Gasteiger partial charge is 0.173 e. The lowest BCUT2D eigenvalue weighted by Gasteiger charge is -2.05. The van der Waals surface area contributed by atoms with Crippen molar-refractivity contribution in [3.05, 3.63) is 41.5 Å². The lowest BCUT2D eigenvalue weighted by Crippen LogP contribution is -2.07. The second-order valence-corrected chi connectivity index (χ2v) is 4.45. The Morgan fingerprint density at radius 2 is 2.24 bits per heavy atom. The number of aromatic nitrogens is 3. The van der Waals surface area contributed by atoms with Crippen molar-refractivity contribution in [3.63, 3.8) is 0 Å². The van der Waals surface area contributed by atoms with Gasteiger partial charge in [0.05, 0.1) is 6.04 Å². The Labute approximate surface area is 100 Å². The maximum atomic E-state index is 4.54. The molecule has 2 heterocycles. The lowest BCUT2D eigenvalue weighted by atomic mass is 10.1. The van der Waals surface area contributed by atoms with Crippen molar-refractivity contribution in [2.45, 2.75) is 32.2 Å². The van der Waals surface area contributed by atoms with E-state index < -0.39 is 0 Å². The number of H-pyrrole nitrogens is 1. The lowest BCUT2D eigenvalue weighted by molar-refractivity contribution is 0.752. The van der Waals surface area contributed by atoms with Gasteiger partial charge in [-0.2, -0.15) is 5.10 Å². The molecule has 0 bridgehead atoms. The first kappa shape index (κ1) is 10.3. The zero-order chi connectivity index (χ0) is 11.7. The first-order valence-corrected chi connectivity index (χ1v) is 6.12. The van der Waals surface area contributed by atoms with E-state index in [1.165, 1.54) is 11.3 Å². The summed E-state index contributed by atoms with van der Waals surface area (Å²) in [5, 5.41) is 10.8. The summed E-state index contributed by atoms with van der Waals surface area (Å²) in [6, 6.07) is 8.60. The Morgan fingerprint density at radius 1 is 1.35 bits per heavy atom. The molecule has 1 aliphatic heterocycles. The summed E-state index contributed by atoms with van der Waals surface area (Å²) in [5.74, 6) is 1.87. The quantitative estimate of drug-likeness (QED) is 0.848. The molecular weight excluding hydrogens is 212 g/mol. The normalized spacial score (nSPS) is 17.8. The summed E-state index contributed by atoms with van der Waals surface area (Å²) in [5.41, 5.74) is 2.55. The van der Waals surface area contributed by atoms with Crippen LogP contribution in [0.4, 0.5) is 5.69 Å². The van der Waals surface area contributed by atoms with Crippen molar-refractivity contribution in [2.24, 2.45) is 0 Å². The predicted molar refractivity (Wildman–Crippen MR) is 66.9 cm³/mol. The minimum Gasteiger partial charge on any atom is -0.375 e. The third-order valence-electron chi connectivity index (χ3n) is 3.12. The molecule has 0 aliphatic carbocycles. The summed E-state index contributed by atoms with van der Waals surface area (Å²) in [7, 11) is 0. The fourth-order valence-electron chi connectivity index (χ4n) is 2.27. The van der Waals surface area contributed by atoms with Crippen LogP contribution in [0.3, 0.4) is 0 Å². The number of fused-ring (bicyclic) bond motifs is 1. The Kier molecular flexibility index (Phi) is 2.55. The largest absolute Gasteiger partial charge is 0.375 e. The van der Waals surface area contributed by atoms with Crippen molar-refractivity contribution in [3.8, 4) is 0 Å². The van der Waals surface area contributed by atoms with E-state index in [1.54, 1.807) is 0 Å². The molecule has 3 rings (SSSR count). The average molecular weight is 228 g/mol.